The molecule has 1 amide bonds. The van der Waals surface area contributed by atoms with Crippen molar-refractivity contribution in [2.75, 3.05) is 31.2 Å². The van der Waals surface area contributed by atoms with E-state index in [2.05, 4.69) is 10.3 Å². The monoisotopic (exact) mass is 361 g/mol. The van der Waals surface area contributed by atoms with Crippen LogP contribution in [0.25, 0.3) is 0 Å². The largest absolute Gasteiger partial charge is 0.417 e. The van der Waals surface area contributed by atoms with Crippen LogP contribution < -0.4 is 10.2 Å². The molecule has 2 aliphatic heterocycles. The Morgan fingerprint density at radius 3 is 2.64 bits per heavy atom. The lowest BCUT2D eigenvalue weighted by Crippen LogP contribution is -2.42. The van der Waals surface area contributed by atoms with Crippen LogP contribution >= 0.6 is 0 Å². The van der Waals surface area contributed by atoms with Crippen LogP contribution in [-0.4, -0.2) is 43.2 Å². The zero-order chi connectivity index (χ0) is 18.0. The van der Waals surface area contributed by atoms with Crippen molar-refractivity contribution in [3.8, 4) is 0 Å². The maximum atomic E-state index is 14.0. The SMILES string of the molecule is O=C(NC1CCOCC1)C1CCN(c2ncc(C(F)(F)F)cc2F)C1. The van der Waals surface area contributed by atoms with Gasteiger partial charge < -0.3 is 15.0 Å². The molecule has 2 aliphatic rings. The summed E-state index contributed by atoms with van der Waals surface area (Å²) in [6, 6.07) is 0.522. The fraction of sp³-hybridized carbons (Fsp3) is 0.625. The van der Waals surface area contributed by atoms with Crippen molar-refractivity contribution in [2.24, 2.45) is 5.92 Å². The summed E-state index contributed by atoms with van der Waals surface area (Å²) in [6.07, 6.45) is -1.98. The minimum atomic E-state index is -4.64. The lowest BCUT2D eigenvalue weighted by atomic mass is 10.1. The fourth-order valence-corrected chi connectivity index (χ4v) is 3.15. The molecule has 0 spiro atoms. The molecule has 0 saturated carbocycles. The summed E-state index contributed by atoms with van der Waals surface area (Å²) >= 11 is 0. The molecule has 1 aromatic rings. The summed E-state index contributed by atoms with van der Waals surface area (Å²) in [5, 5.41) is 2.97. The first-order valence-corrected chi connectivity index (χ1v) is 8.20. The third-order valence-corrected chi connectivity index (χ3v) is 4.58. The van der Waals surface area contributed by atoms with Gasteiger partial charge in [0.2, 0.25) is 5.91 Å². The Morgan fingerprint density at radius 2 is 2.00 bits per heavy atom. The summed E-state index contributed by atoms with van der Waals surface area (Å²) in [5.74, 6) is -1.61. The zero-order valence-corrected chi connectivity index (χ0v) is 13.5. The lowest BCUT2D eigenvalue weighted by molar-refractivity contribution is -0.138. The molecular weight excluding hydrogens is 342 g/mol. The minimum absolute atomic E-state index is 0.0798. The second kappa shape index (κ2) is 7.15. The van der Waals surface area contributed by atoms with Crippen LogP contribution in [0.4, 0.5) is 23.4 Å². The van der Waals surface area contributed by atoms with E-state index in [9.17, 15) is 22.4 Å². The summed E-state index contributed by atoms with van der Waals surface area (Å²) in [6.45, 7) is 1.84. The average Bonchev–Trinajstić information content (AvgIpc) is 3.04. The number of anilines is 1. The highest BCUT2D eigenvalue weighted by molar-refractivity contribution is 5.80. The predicted octanol–water partition coefficient (Wildman–Crippen LogP) is 2.36. The molecule has 0 radical (unpaired) electrons. The third kappa shape index (κ3) is 4.20. The topological polar surface area (TPSA) is 54.5 Å². The first kappa shape index (κ1) is 17.9. The summed E-state index contributed by atoms with van der Waals surface area (Å²) < 4.78 is 57.0. The predicted molar refractivity (Wildman–Crippen MR) is 81.5 cm³/mol. The zero-order valence-electron chi connectivity index (χ0n) is 13.5. The van der Waals surface area contributed by atoms with Crippen LogP contribution in [-0.2, 0) is 15.7 Å². The molecule has 25 heavy (non-hydrogen) atoms. The Labute approximate surface area is 142 Å². The van der Waals surface area contributed by atoms with E-state index in [1.165, 1.54) is 4.90 Å². The maximum Gasteiger partial charge on any atom is 0.417 e. The Hall–Kier alpha value is -1.90. The molecule has 0 aromatic carbocycles. The van der Waals surface area contributed by atoms with Gasteiger partial charge in [0, 0.05) is 38.5 Å². The van der Waals surface area contributed by atoms with Crippen molar-refractivity contribution >= 4 is 11.7 Å². The molecule has 2 saturated heterocycles. The van der Waals surface area contributed by atoms with Gasteiger partial charge >= 0.3 is 6.18 Å². The molecule has 1 N–H and O–H groups in total. The van der Waals surface area contributed by atoms with E-state index < -0.39 is 17.6 Å². The average molecular weight is 361 g/mol. The number of pyridine rings is 1. The van der Waals surface area contributed by atoms with Crippen LogP contribution in [0.2, 0.25) is 0 Å². The van der Waals surface area contributed by atoms with Gasteiger partial charge in [0.25, 0.3) is 0 Å². The fourth-order valence-electron chi connectivity index (χ4n) is 3.15. The molecule has 1 unspecified atom stereocenters. The molecule has 0 aliphatic carbocycles. The number of ether oxygens (including phenoxy) is 1. The number of amides is 1. The second-order valence-corrected chi connectivity index (χ2v) is 6.35. The van der Waals surface area contributed by atoms with Gasteiger partial charge in [0.15, 0.2) is 11.6 Å². The van der Waals surface area contributed by atoms with Gasteiger partial charge in [-0.05, 0) is 25.3 Å². The van der Waals surface area contributed by atoms with Gasteiger partial charge in [0.1, 0.15) is 0 Å². The number of carbonyl (C=O) groups is 1. The van der Waals surface area contributed by atoms with Gasteiger partial charge in [0.05, 0.1) is 11.5 Å². The quantitative estimate of drug-likeness (QED) is 0.840. The van der Waals surface area contributed by atoms with E-state index in [-0.39, 0.29) is 30.2 Å². The van der Waals surface area contributed by atoms with Crippen LogP contribution in [0.3, 0.4) is 0 Å². The van der Waals surface area contributed by atoms with Crippen molar-refractivity contribution in [2.45, 2.75) is 31.5 Å². The van der Waals surface area contributed by atoms with Crippen molar-refractivity contribution in [3.05, 3.63) is 23.6 Å². The molecule has 0 bridgehead atoms. The van der Waals surface area contributed by atoms with Gasteiger partial charge in [-0.2, -0.15) is 13.2 Å². The number of carbonyl (C=O) groups excluding carboxylic acids is 1. The molecule has 9 heteroatoms. The van der Waals surface area contributed by atoms with Gasteiger partial charge in [-0.15, -0.1) is 0 Å². The van der Waals surface area contributed by atoms with Crippen molar-refractivity contribution in [1.29, 1.82) is 0 Å². The van der Waals surface area contributed by atoms with Crippen molar-refractivity contribution in [1.82, 2.24) is 10.3 Å². The van der Waals surface area contributed by atoms with Crippen molar-refractivity contribution < 1.29 is 27.1 Å². The molecule has 1 atom stereocenters. The molecule has 3 rings (SSSR count). The number of hydrogen-bond acceptors (Lipinski definition) is 4. The van der Waals surface area contributed by atoms with Crippen LogP contribution in [0.1, 0.15) is 24.8 Å². The normalized spacial score (nSPS) is 22.2. The number of aromatic nitrogens is 1. The van der Waals surface area contributed by atoms with Crippen LogP contribution in [0.15, 0.2) is 12.3 Å². The van der Waals surface area contributed by atoms with E-state index in [1.807, 2.05) is 0 Å². The highest BCUT2D eigenvalue weighted by Gasteiger charge is 2.35. The maximum absolute atomic E-state index is 14.0. The van der Waals surface area contributed by atoms with E-state index in [4.69, 9.17) is 4.74 Å². The van der Waals surface area contributed by atoms with Gasteiger partial charge in [-0.25, -0.2) is 9.37 Å². The number of rotatable bonds is 3. The molecule has 1 aromatic heterocycles. The molecule has 5 nitrogen and oxygen atoms in total. The van der Waals surface area contributed by atoms with E-state index >= 15 is 0 Å². The first-order valence-electron chi connectivity index (χ1n) is 8.20. The molecule has 138 valence electrons. The Morgan fingerprint density at radius 1 is 1.28 bits per heavy atom. The second-order valence-electron chi connectivity index (χ2n) is 6.35. The highest BCUT2D eigenvalue weighted by atomic mass is 19.4. The smallest absolute Gasteiger partial charge is 0.381 e. The number of nitrogens with zero attached hydrogens (tertiary/aromatic N) is 2. The number of nitrogens with one attached hydrogen (secondary N) is 1. The third-order valence-electron chi connectivity index (χ3n) is 4.58. The van der Waals surface area contributed by atoms with E-state index in [1.54, 1.807) is 0 Å². The molecule has 3 heterocycles. The van der Waals surface area contributed by atoms with E-state index in [0.29, 0.717) is 38.4 Å². The lowest BCUT2D eigenvalue weighted by Gasteiger charge is -2.24. The minimum Gasteiger partial charge on any atom is -0.381 e. The molecular formula is C16H19F4N3O2. The summed E-state index contributed by atoms with van der Waals surface area (Å²) in [5.41, 5.74) is -1.12. The Bertz CT molecular complexity index is 632. The van der Waals surface area contributed by atoms with E-state index in [0.717, 1.165) is 12.8 Å². The van der Waals surface area contributed by atoms with Crippen LogP contribution in [0, 0.1) is 11.7 Å². The number of alkyl halides is 3. The Kier molecular flexibility index (Phi) is 5.12. The summed E-state index contributed by atoms with van der Waals surface area (Å²) in [7, 11) is 0. The van der Waals surface area contributed by atoms with Crippen molar-refractivity contribution in [3.63, 3.8) is 0 Å². The molecule has 2 fully saturated rings. The Balaban J connectivity index is 1.61. The summed E-state index contributed by atoms with van der Waals surface area (Å²) in [4.78, 5) is 17.5. The van der Waals surface area contributed by atoms with Gasteiger partial charge in [-0.3, -0.25) is 4.79 Å². The van der Waals surface area contributed by atoms with Crippen LogP contribution in [0.5, 0.6) is 0 Å². The standard InChI is InChI=1S/C16H19F4N3O2/c17-13-7-11(16(18,19)20)8-21-14(13)23-4-1-10(9-23)15(24)22-12-2-5-25-6-3-12/h7-8,10,12H,1-6,9H2,(H,22,24). The number of halogens is 4. The first-order chi connectivity index (χ1) is 11.8. The van der Waals surface area contributed by atoms with Gasteiger partial charge in [-0.1, -0.05) is 0 Å². The number of hydrogen-bond donors (Lipinski definition) is 1. The highest BCUT2D eigenvalue weighted by Crippen LogP contribution is 2.32.